The SMILES string of the molecule is N#C[C@H](C[C@@H]1CCNC1=O)NC(=O)[C@H](CC1CC1)NC(=O)c1cc2ccccc2[nH]1. The molecule has 0 spiro atoms. The van der Waals surface area contributed by atoms with Gasteiger partial charge in [-0.3, -0.25) is 14.4 Å². The molecule has 8 heteroatoms. The Kier molecular flexibility index (Phi) is 5.70. The lowest BCUT2D eigenvalue weighted by atomic mass is 9.98. The van der Waals surface area contributed by atoms with Crippen molar-refractivity contribution in [2.24, 2.45) is 11.8 Å². The van der Waals surface area contributed by atoms with Crippen LogP contribution in [0.15, 0.2) is 30.3 Å². The number of carbonyl (C=O) groups is 3. The summed E-state index contributed by atoms with van der Waals surface area (Å²) in [7, 11) is 0. The van der Waals surface area contributed by atoms with Crippen molar-refractivity contribution in [2.45, 2.75) is 44.2 Å². The van der Waals surface area contributed by atoms with E-state index in [1.54, 1.807) is 6.07 Å². The minimum absolute atomic E-state index is 0.0776. The Hall–Kier alpha value is -3.34. The second-order valence-electron chi connectivity index (χ2n) is 8.18. The monoisotopic (exact) mass is 407 g/mol. The highest BCUT2D eigenvalue weighted by Gasteiger charge is 2.33. The van der Waals surface area contributed by atoms with Crippen LogP contribution in [0.4, 0.5) is 0 Å². The maximum atomic E-state index is 12.9. The Labute approximate surface area is 174 Å². The zero-order valence-electron chi connectivity index (χ0n) is 16.6. The second-order valence-corrected chi connectivity index (χ2v) is 8.18. The highest BCUT2D eigenvalue weighted by Crippen LogP contribution is 2.33. The number of aromatic amines is 1. The number of nitrogens with zero attached hydrogens (tertiary/aromatic N) is 1. The molecule has 1 saturated heterocycles. The largest absolute Gasteiger partial charge is 0.356 e. The summed E-state index contributed by atoms with van der Waals surface area (Å²) in [5, 5.41) is 18.7. The third-order valence-corrected chi connectivity index (χ3v) is 5.82. The van der Waals surface area contributed by atoms with Crippen molar-refractivity contribution in [3.8, 4) is 6.07 Å². The van der Waals surface area contributed by atoms with Gasteiger partial charge in [0.1, 0.15) is 17.8 Å². The summed E-state index contributed by atoms with van der Waals surface area (Å²) in [4.78, 5) is 40.5. The van der Waals surface area contributed by atoms with Crippen LogP contribution in [0.25, 0.3) is 10.9 Å². The second kappa shape index (κ2) is 8.57. The Balaban J connectivity index is 1.41. The molecule has 2 heterocycles. The molecule has 2 aliphatic rings. The van der Waals surface area contributed by atoms with Crippen molar-refractivity contribution >= 4 is 28.6 Å². The molecule has 156 valence electrons. The van der Waals surface area contributed by atoms with E-state index in [1.807, 2.05) is 24.3 Å². The zero-order chi connectivity index (χ0) is 21.1. The van der Waals surface area contributed by atoms with Gasteiger partial charge in [-0.1, -0.05) is 31.0 Å². The molecule has 1 aliphatic heterocycles. The first-order valence-electron chi connectivity index (χ1n) is 10.4. The predicted octanol–water partition coefficient (Wildman–Crippen LogP) is 1.60. The van der Waals surface area contributed by atoms with E-state index in [9.17, 15) is 19.6 Å². The molecule has 0 bridgehead atoms. The van der Waals surface area contributed by atoms with Crippen LogP contribution < -0.4 is 16.0 Å². The summed E-state index contributed by atoms with van der Waals surface area (Å²) in [6.45, 7) is 0.598. The molecule has 2 fully saturated rings. The molecule has 0 radical (unpaired) electrons. The quantitative estimate of drug-likeness (QED) is 0.530. The van der Waals surface area contributed by atoms with Crippen molar-refractivity contribution in [3.05, 3.63) is 36.0 Å². The number of para-hydroxylation sites is 1. The molecule has 2 aromatic rings. The van der Waals surface area contributed by atoms with Gasteiger partial charge in [-0.15, -0.1) is 0 Å². The Morgan fingerprint density at radius 1 is 1.17 bits per heavy atom. The van der Waals surface area contributed by atoms with Crippen LogP contribution in [-0.2, 0) is 9.59 Å². The molecule has 1 aromatic heterocycles. The number of carbonyl (C=O) groups excluding carboxylic acids is 3. The van der Waals surface area contributed by atoms with E-state index < -0.39 is 12.1 Å². The van der Waals surface area contributed by atoms with Gasteiger partial charge < -0.3 is 20.9 Å². The van der Waals surface area contributed by atoms with Crippen molar-refractivity contribution in [1.82, 2.24) is 20.9 Å². The van der Waals surface area contributed by atoms with Crippen molar-refractivity contribution in [3.63, 3.8) is 0 Å². The van der Waals surface area contributed by atoms with Gasteiger partial charge in [-0.25, -0.2) is 0 Å². The highest BCUT2D eigenvalue weighted by atomic mass is 16.2. The first-order chi connectivity index (χ1) is 14.5. The number of benzene rings is 1. The van der Waals surface area contributed by atoms with E-state index in [-0.39, 0.29) is 30.1 Å². The van der Waals surface area contributed by atoms with Gasteiger partial charge in [0.05, 0.1) is 6.07 Å². The maximum Gasteiger partial charge on any atom is 0.268 e. The van der Waals surface area contributed by atoms with E-state index >= 15 is 0 Å². The van der Waals surface area contributed by atoms with Crippen LogP contribution in [0, 0.1) is 23.2 Å². The van der Waals surface area contributed by atoms with Crippen LogP contribution in [0.5, 0.6) is 0 Å². The fourth-order valence-electron chi connectivity index (χ4n) is 3.92. The number of amides is 3. The fourth-order valence-corrected chi connectivity index (χ4v) is 3.92. The summed E-state index contributed by atoms with van der Waals surface area (Å²) in [5.41, 5.74) is 1.24. The number of rotatable bonds is 8. The zero-order valence-corrected chi connectivity index (χ0v) is 16.6. The lowest BCUT2D eigenvalue weighted by molar-refractivity contribution is -0.125. The first kappa shape index (κ1) is 20.0. The van der Waals surface area contributed by atoms with Gasteiger partial charge in [-0.2, -0.15) is 5.26 Å². The lowest BCUT2D eigenvalue weighted by Gasteiger charge is -2.21. The minimum atomic E-state index is -0.766. The number of nitriles is 1. The van der Waals surface area contributed by atoms with E-state index in [1.165, 1.54) is 0 Å². The highest BCUT2D eigenvalue weighted by molar-refractivity contribution is 6.00. The third-order valence-electron chi connectivity index (χ3n) is 5.82. The summed E-state index contributed by atoms with van der Waals surface area (Å²) in [6, 6.07) is 9.93. The van der Waals surface area contributed by atoms with E-state index in [2.05, 4.69) is 27.0 Å². The molecule has 3 atom stereocenters. The fraction of sp³-hybridized carbons (Fsp3) is 0.455. The van der Waals surface area contributed by atoms with Crippen LogP contribution in [-0.4, -0.2) is 41.3 Å². The van der Waals surface area contributed by atoms with Crippen LogP contribution >= 0.6 is 0 Å². The van der Waals surface area contributed by atoms with Crippen LogP contribution in [0.2, 0.25) is 0 Å². The molecule has 8 nitrogen and oxygen atoms in total. The van der Waals surface area contributed by atoms with E-state index in [4.69, 9.17) is 0 Å². The Morgan fingerprint density at radius 2 is 1.97 bits per heavy atom. The molecule has 4 rings (SSSR count). The Morgan fingerprint density at radius 3 is 2.63 bits per heavy atom. The first-order valence-corrected chi connectivity index (χ1v) is 10.4. The van der Waals surface area contributed by atoms with Gasteiger partial charge in [0.15, 0.2) is 0 Å². The average Bonchev–Trinajstić information content (AvgIpc) is 3.30. The van der Waals surface area contributed by atoms with Gasteiger partial charge in [0.2, 0.25) is 11.8 Å². The molecule has 1 aromatic carbocycles. The molecule has 1 saturated carbocycles. The molecule has 30 heavy (non-hydrogen) atoms. The maximum absolute atomic E-state index is 12.9. The van der Waals surface area contributed by atoms with Crippen molar-refractivity contribution in [1.29, 1.82) is 5.26 Å². The van der Waals surface area contributed by atoms with E-state index in [0.29, 0.717) is 31.0 Å². The smallest absolute Gasteiger partial charge is 0.268 e. The topological polar surface area (TPSA) is 127 Å². The standard InChI is InChI=1S/C22H25N5O3/c23-12-16(10-15-7-8-24-20(15)28)25-21(29)18(9-13-5-6-13)27-22(30)19-11-14-3-1-2-4-17(14)26-19/h1-4,11,13,15-16,18,26H,5-10H2,(H,24,28)(H,25,29)(H,27,30)/t15-,16-,18-/m0/s1. The number of hydrogen-bond acceptors (Lipinski definition) is 4. The number of hydrogen-bond donors (Lipinski definition) is 4. The normalized spacial score (nSPS) is 20.2. The number of nitrogens with one attached hydrogen (secondary N) is 4. The summed E-state index contributed by atoms with van der Waals surface area (Å²) >= 11 is 0. The number of H-pyrrole nitrogens is 1. The molecule has 3 amide bonds. The Bertz CT molecular complexity index is 971. The van der Waals surface area contributed by atoms with E-state index in [0.717, 1.165) is 23.7 Å². The number of aromatic nitrogens is 1. The third kappa shape index (κ3) is 4.62. The number of fused-ring (bicyclic) bond motifs is 1. The average molecular weight is 407 g/mol. The molecular weight excluding hydrogens is 382 g/mol. The van der Waals surface area contributed by atoms with Gasteiger partial charge in [-0.05, 0) is 37.3 Å². The van der Waals surface area contributed by atoms with Crippen LogP contribution in [0.1, 0.15) is 42.6 Å². The minimum Gasteiger partial charge on any atom is -0.356 e. The summed E-state index contributed by atoms with van der Waals surface area (Å²) in [6.07, 6.45) is 3.56. The van der Waals surface area contributed by atoms with Gasteiger partial charge in [0, 0.05) is 23.4 Å². The predicted molar refractivity (Wildman–Crippen MR) is 110 cm³/mol. The molecule has 4 N–H and O–H groups in total. The summed E-state index contributed by atoms with van der Waals surface area (Å²) in [5.74, 6) is -0.666. The lowest BCUT2D eigenvalue weighted by Crippen LogP contribution is -2.50. The van der Waals surface area contributed by atoms with Crippen molar-refractivity contribution < 1.29 is 14.4 Å². The van der Waals surface area contributed by atoms with Crippen LogP contribution in [0.3, 0.4) is 0 Å². The molecule has 0 unspecified atom stereocenters. The molecule has 1 aliphatic carbocycles. The van der Waals surface area contributed by atoms with Gasteiger partial charge in [0.25, 0.3) is 5.91 Å². The summed E-state index contributed by atoms with van der Waals surface area (Å²) < 4.78 is 0. The van der Waals surface area contributed by atoms with Crippen molar-refractivity contribution in [2.75, 3.05) is 6.54 Å². The van der Waals surface area contributed by atoms with Gasteiger partial charge >= 0.3 is 0 Å². The molecular formula is C22H25N5O3.